The highest BCUT2D eigenvalue weighted by Crippen LogP contribution is 2.15. The summed E-state index contributed by atoms with van der Waals surface area (Å²) in [5.41, 5.74) is 1.20. The van der Waals surface area contributed by atoms with Crippen molar-refractivity contribution in [3.05, 3.63) is 36.3 Å². The molecule has 1 heterocycles. The first kappa shape index (κ1) is 6.97. The molecule has 1 aromatic heterocycles. The molecule has 0 fully saturated rings. The summed E-state index contributed by atoms with van der Waals surface area (Å²) >= 11 is 0. The van der Waals surface area contributed by atoms with Crippen molar-refractivity contribution >= 4 is 0 Å². The van der Waals surface area contributed by atoms with Gasteiger partial charge in [0.15, 0.2) is 0 Å². The monoisotopic (exact) mass is 164 g/mol. The third-order valence-electron chi connectivity index (χ3n) is 1.48. The van der Waals surface area contributed by atoms with E-state index in [2.05, 4.69) is 14.9 Å². The van der Waals surface area contributed by atoms with E-state index < -0.39 is 0 Å². The quantitative estimate of drug-likeness (QED) is 0.645. The van der Waals surface area contributed by atoms with Crippen molar-refractivity contribution in [3.63, 3.8) is 0 Å². The lowest BCUT2D eigenvalue weighted by molar-refractivity contribution is 0.308. The van der Waals surface area contributed by atoms with Crippen molar-refractivity contribution < 1.29 is 9.02 Å². The number of rotatable bonds is 1. The van der Waals surface area contributed by atoms with Gasteiger partial charge in [0.05, 0.1) is 6.20 Å². The highest BCUT2D eigenvalue weighted by molar-refractivity contribution is 5.56. The fourth-order valence-electron chi connectivity index (χ4n) is 0.940. The normalized spacial score (nSPS) is 10.1. The van der Waals surface area contributed by atoms with Crippen molar-refractivity contribution in [2.45, 2.75) is 0 Å². The number of nitrogens with zero attached hydrogens (tertiary/aromatic N) is 2. The largest absolute Gasteiger partial charge is 0.244 e. The van der Waals surface area contributed by atoms with Crippen LogP contribution in [0, 0.1) is 5.82 Å². The maximum atomic E-state index is 12.7. The van der Waals surface area contributed by atoms with Gasteiger partial charge in [-0.05, 0) is 17.3 Å². The number of hydrogen-bond acceptors (Lipinski definition) is 3. The number of hydrogen-bond donors (Lipinski definition) is 0. The van der Waals surface area contributed by atoms with Crippen LogP contribution in [0.4, 0.5) is 4.39 Å². The van der Waals surface area contributed by atoms with Gasteiger partial charge in [0.25, 0.3) is 0 Å². The Bertz CT molecular complexity index is 372. The SMILES string of the molecule is Fc1cccc(-c2cnon2)c1. The van der Waals surface area contributed by atoms with Crippen LogP contribution in [0.25, 0.3) is 11.3 Å². The van der Waals surface area contributed by atoms with E-state index >= 15 is 0 Å². The van der Waals surface area contributed by atoms with Crippen molar-refractivity contribution in [2.75, 3.05) is 0 Å². The molecule has 3 nitrogen and oxygen atoms in total. The predicted molar refractivity (Wildman–Crippen MR) is 39.7 cm³/mol. The highest BCUT2D eigenvalue weighted by Gasteiger charge is 2.01. The lowest BCUT2D eigenvalue weighted by atomic mass is 10.2. The molecule has 0 unspecified atom stereocenters. The van der Waals surface area contributed by atoms with Gasteiger partial charge in [0.1, 0.15) is 11.5 Å². The Kier molecular flexibility index (Phi) is 1.59. The molecule has 0 atom stereocenters. The first-order valence-electron chi connectivity index (χ1n) is 3.40. The first-order valence-corrected chi connectivity index (χ1v) is 3.40. The molecule has 60 valence electrons. The molecular weight excluding hydrogens is 159 g/mol. The van der Waals surface area contributed by atoms with Gasteiger partial charge in [-0.1, -0.05) is 17.3 Å². The third-order valence-corrected chi connectivity index (χ3v) is 1.48. The van der Waals surface area contributed by atoms with E-state index in [1.807, 2.05) is 0 Å². The highest BCUT2D eigenvalue weighted by atomic mass is 19.1. The van der Waals surface area contributed by atoms with E-state index in [1.165, 1.54) is 18.3 Å². The predicted octanol–water partition coefficient (Wildman–Crippen LogP) is 1.88. The summed E-state index contributed by atoms with van der Waals surface area (Å²) in [7, 11) is 0. The lowest BCUT2D eigenvalue weighted by Gasteiger charge is -1.92. The second-order valence-corrected chi connectivity index (χ2v) is 2.30. The van der Waals surface area contributed by atoms with Crippen LogP contribution in [0.2, 0.25) is 0 Å². The molecule has 0 saturated carbocycles. The molecule has 2 aromatic rings. The minimum atomic E-state index is -0.296. The molecule has 0 spiro atoms. The number of benzene rings is 1. The molecule has 1 aromatic carbocycles. The Hall–Kier alpha value is -1.71. The second kappa shape index (κ2) is 2.73. The average molecular weight is 164 g/mol. The Morgan fingerprint density at radius 1 is 1.33 bits per heavy atom. The van der Waals surface area contributed by atoms with Crippen molar-refractivity contribution in [3.8, 4) is 11.3 Å². The maximum absolute atomic E-state index is 12.7. The summed E-state index contributed by atoms with van der Waals surface area (Å²) in [6.45, 7) is 0. The molecule has 0 aliphatic heterocycles. The average Bonchev–Trinajstić information content (AvgIpc) is 2.56. The maximum Gasteiger partial charge on any atom is 0.135 e. The smallest absolute Gasteiger partial charge is 0.135 e. The molecule has 0 aliphatic rings. The van der Waals surface area contributed by atoms with Crippen molar-refractivity contribution in [2.24, 2.45) is 0 Å². The van der Waals surface area contributed by atoms with Crippen LogP contribution in [0.15, 0.2) is 35.1 Å². The van der Waals surface area contributed by atoms with Gasteiger partial charge in [-0.2, -0.15) is 0 Å². The molecule has 0 N–H and O–H groups in total. The fraction of sp³-hybridized carbons (Fsp3) is 0. The van der Waals surface area contributed by atoms with Gasteiger partial charge in [0.2, 0.25) is 0 Å². The lowest BCUT2D eigenvalue weighted by Crippen LogP contribution is -1.78. The summed E-state index contributed by atoms with van der Waals surface area (Å²) in [4.78, 5) is 0. The van der Waals surface area contributed by atoms with E-state index in [0.29, 0.717) is 11.3 Å². The summed E-state index contributed by atoms with van der Waals surface area (Å²) in [5.74, 6) is -0.296. The molecule has 0 amide bonds. The van der Waals surface area contributed by atoms with Crippen LogP contribution in [-0.4, -0.2) is 10.3 Å². The summed E-state index contributed by atoms with van der Waals surface area (Å²) in [6.07, 6.45) is 1.44. The molecule has 0 radical (unpaired) electrons. The van der Waals surface area contributed by atoms with E-state index in [0.717, 1.165) is 0 Å². The van der Waals surface area contributed by atoms with Crippen LogP contribution in [0.1, 0.15) is 0 Å². The van der Waals surface area contributed by atoms with Gasteiger partial charge >= 0.3 is 0 Å². The van der Waals surface area contributed by atoms with Crippen LogP contribution >= 0.6 is 0 Å². The van der Waals surface area contributed by atoms with E-state index in [9.17, 15) is 4.39 Å². The van der Waals surface area contributed by atoms with Gasteiger partial charge in [-0.25, -0.2) is 9.02 Å². The van der Waals surface area contributed by atoms with E-state index in [-0.39, 0.29) is 5.82 Å². The minimum absolute atomic E-state index is 0.296. The number of halogens is 1. The molecule has 12 heavy (non-hydrogen) atoms. The van der Waals surface area contributed by atoms with E-state index in [1.54, 1.807) is 12.1 Å². The topological polar surface area (TPSA) is 38.9 Å². The third kappa shape index (κ3) is 1.18. The van der Waals surface area contributed by atoms with Gasteiger partial charge < -0.3 is 0 Å². The molecule has 0 bridgehead atoms. The van der Waals surface area contributed by atoms with Crippen molar-refractivity contribution in [1.82, 2.24) is 10.3 Å². The Morgan fingerprint density at radius 2 is 2.25 bits per heavy atom. The van der Waals surface area contributed by atoms with Crippen LogP contribution in [0.3, 0.4) is 0 Å². The fourth-order valence-corrected chi connectivity index (χ4v) is 0.940. The summed E-state index contributed by atoms with van der Waals surface area (Å²) < 4.78 is 17.1. The molecular formula is C8H5FN2O. The van der Waals surface area contributed by atoms with Gasteiger partial charge in [-0.15, -0.1) is 0 Å². The Balaban J connectivity index is 2.48. The molecule has 2 rings (SSSR count). The second-order valence-electron chi connectivity index (χ2n) is 2.30. The molecule has 0 saturated heterocycles. The zero-order chi connectivity index (χ0) is 8.39. The zero-order valence-corrected chi connectivity index (χ0v) is 6.07. The van der Waals surface area contributed by atoms with Gasteiger partial charge in [-0.3, -0.25) is 0 Å². The summed E-state index contributed by atoms with van der Waals surface area (Å²) in [6, 6.07) is 6.10. The molecule has 0 aliphatic carbocycles. The summed E-state index contributed by atoms with van der Waals surface area (Å²) in [5, 5.41) is 6.99. The standard InChI is InChI=1S/C8H5FN2O/c9-7-3-1-2-6(4-7)8-5-10-12-11-8/h1-5H. The Morgan fingerprint density at radius 3 is 2.92 bits per heavy atom. The first-order chi connectivity index (χ1) is 5.86. The molecule has 4 heteroatoms. The van der Waals surface area contributed by atoms with Crippen LogP contribution < -0.4 is 0 Å². The number of aromatic nitrogens is 2. The van der Waals surface area contributed by atoms with Crippen molar-refractivity contribution in [1.29, 1.82) is 0 Å². The van der Waals surface area contributed by atoms with E-state index in [4.69, 9.17) is 0 Å². The van der Waals surface area contributed by atoms with Gasteiger partial charge in [0, 0.05) is 5.56 Å². The van der Waals surface area contributed by atoms with Crippen LogP contribution in [-0.2, 0) is 0 Å². The Labute approximate surface area is 67.8 Å². The zero-order valence-electron chi connectivity index (χ0n) is 6.07. The minimum Gasteiger partial charge on any atom is -0.244 e. The van der Waals surface area contributed by atoms with Crippen LogP contribution in [0.5, 0.6) is 0 Å².